The highest BCUT2D eigenvalue weighted by Crippen LogP contribution is 2.78. The van der Waals surface area contributed by atoms with E-state index in [1.807, 2.05) is 0 Å². The third kappa shape index (κ3) is 4.26. The zero-order valence-electron chi connectivity index (χ0n) is 29.0. The average molecular weight is 641 g/mol. The van der Waals surface area contributed by atoms with Crippen LogP contribution in [0.25, 0.3) is 6.08 Å². The Morgan fingerprint density at radius 3 is 2.26 bits per heavy atom. The van der Waals surface area contributed by atoms with E-state index in [9.17, 15) is 23.1 Å². The van der Waals surface area contributed by atoms with Gasteiger partial charge in [-0.15, -0.1) is 0 Å². The molecule has 0 amide bonds. The van der Waals surface area contributed by atoms with Crippen molar-refractivity contribution in [3.8, 4) is 0 Å². The number of carbonyl (C=O) groups excluding carboxylic acids is 1. The van der Waals surface area contributed by atoms with Crippen LogP contribution >= 0.6 is 0 Å². The van der Waals surface area contributed by atoms with Crippen molar-refractivity contribution in [3.63, 3.8) is 0 Å². The van der Waals surface area contributed by atoms with Gasteiger partial charge >= 0.3 is 6.18 Å². The van der Waals surface area contributed by atoms with Crippen molar-refractivity contribution < 1.29 is 27.8 Å². The molecule has 2 aliphatic heterocycles. The Bertz CT molecular complexity index is 1420. The van der Waals surface area contributed by atoms with E-state index in [2.05, 4.69) is 48.5 Å². The summed E-state index contributed by atoms with van der Waals surface area (Å²) in [5.74, 6) is 2.35. The van der Waals surface area contributed by atoms with Crippen LogP contribution in [-0.2, 0) is 15.7 Å². The molecule has 1 N–H and O–H groups in total. The van der Waals surface area contributed by atoms with Gasteiger partial charge in [0.25, 0.3) is 0 Å². The van der Waals surface area contributed by atoms with Crippen LogP contribution in [-0.4, -0.2) is 29.2 Å². The largest absolute Gasteiger partial charge is 0.416 e. The first-order valence-electron chi connectivity index (χ1n) is 18.0. The summed E-state index contributed by atoms with van der Waals surface area (Å²) in [6, 6.07) is 5.00. The highest BCUT2D eigenvalue weighted by Gasteiger charge is 2.73. The minimum atomic E-state index is -4.38. The maximum atomic E-state index is 13.9. The van der Waals surface area contributed by atoms with Crippen LogP contribution in [0.1, 0.15) is 117 Å². The maximum Gasteiger partial charge on any atom is 0.416 e. The van der Waals surface area contributed by atoms with E-state index in [1.54, 1.807) is 12.2 Å². The van der Waals surface area contributed by atoms with Gasteiger partial charge in [0.15, 0.2) is 5.78 Å². The Kier molecular flexibility index (Phi) is 7.28. The Morgan fingerprint density at radius 2 is 1.59 bits per heavy atom. The number of hydrogen-bond acceptors (Lipinski definition) is 3. The van der Waals surface area contributed by atoms with Crippen LogP contribution in [0, 0.1) is 62.6 Å². The van der Waals surface area contributed by atoms with Crippen molar-refractivity contribution >= 4 is 11.9 Å². The van der Waals surface area contributed by atoms with Crippen LogP contribution in [0.5, 0.6) is 0 Å². The summed E-state index contributed by atoms with van der Waals surface area (Å²) in [6.45, 7) is 17.7. The Balaban J connectivity index is 1.15. The van der Waals surface area contributed by atoms with Gasteiger partial charge < -0.3 is 9.84 Å². The van der Waals surface area contributed by atoms with Crippen LogP contribution < -0.4 is 0 Å². The summed E-state index contributed by atoms with van der Waals surface area (Å²) in [4.78, 5) is 13.9. The number of fused-ring (bicyclic) bond motifs is 7. The van der Waals surface area contributed by atoms with Crippen molar-refractivity contribution in [1.82, 2.24) is 0 Å². The smallest absolute Gasteiger partial charge is 0.393 e. The Hall–Kier alpha value is -1.66. The van der Waals surface area contributed by atoms with Gasteiger partial charge in [-0.3, -0.25) is 4.79 Å². The quantitative estimate of drug-likeness (QED) is 0.335. The van der Waals surface area contributed by atoms with Crippen molar-refractivity contribution in [3.05, 3.63) is 41.5 Å². The van der Waals surface area contributed by atoms with E-state index in [-0.39, 0.29) is 50.8 Å². The molecule has 2 saturated heterocycles. The van der Waals surface area contributed by atoms with Crippen LogP contribution in [0.2, 0.25) is 0 Å². The molecule has 1 aromatic carbocycles. The number of carbonyl (C=O) groups is 1. The minimum Gasteiger partial charge on any atom is -0.393 e. The predicted molar refractivity (Wildman–Crippen MR) is 175 cm³/mol. The van der Waals surface area contributed by atoms with Crippen LogP contribution in [0.4, 0.5) is 13.2 Å². The fourth-order valence-electron chi connectivity index (χ4n) is 13.7. The lowest BCUT2D eigenvalue weighted by molar-refractivity contribution is -0.319. The number of aliphatic hydroxyl groups is 1. The van der Waals surface area contributed by atoms with Crippen molar-refractivity contribution in [2.45, 2.75) is 124 Å². The second-order valence-corrected chi connectivity index (χ2v) is 18.3. The van der Waals surface area contributed by atoms with E-state index in [0.717, 1.165) is 44.4 Å². The molecule has 5 saturated carbocycles. The number of ether oxygens (including phenoxy) is 1. The van der Waals surface area contributed by atoms with Gasteiger partial charge in [0.2, 0.25) is 0 Å². The molecule has 8 rings (SSSR count). The van der Waals surface area contributed by atoms with E-state index in [1.165, 1.54) is 44.2 Å². The fourth-order valence-corrected chi connectivity index (χ4v) is 13.7. The molecular formula is C40H55F3O3. The molecule has 2 bridgehead atoms. The normalized spacial score (nSPS) is 49.5. The fraction of sp³-hybridized carbons (Fsp3) is 0.775. The predicted octanol–water partition coefficient (Wildman–Crippen LogP) is 9.76. The van der Waals surface area contributed by atoms with Crippen LogP contribution in [0.3, 0.4) is 0 Å². The number of benzene rings is 1. The van der Waals surface area contributed by atoms with E-state index >= 15 is 0 Å². The topological polar surface area (TPSA) is 46.5 Å². The van der Waals surface area contributed by atoms with Crippen molar-refractivity contribution in [1.29, 1.82) is 0 Å². The molecular weight excluding hydrogens is 585 g/mol. The summed E-state index contributed by atoms with van der Waals surface area (Å²) < 4.78 is 45.8. The zero-order chi connectivity index (χ0) is 33.3. The summed E-state index contributed by atoms with van der Waals surface area (Å²) in [7, 11) is 0. The van der Waals surface area contributed by atoms with Gasteiger partial charge in [0, 0.05) is 0 Å². The molecule has 7 aliphatic rings. The monoisotopic (exact) mass is 640 g/mol. The first-order valence-corrected chi connectivity index (χ1v) is 18.0. The molecule has 12 atom stereocenters. The van der Waals surface area contributed by atoms with Gasteiger partial charge in [-0.1, -0.05) is 59.8 Å². The van der Waals surface area contributed by atoms with Gasteiger partial charge in [0.1, 0.15) is 0 Å². The summed E-state index contributed by atoms with van der Waals surface area (Å²) in [6.07, 6.45) is 8.72. The summed E-state index contributed by atoms with van der Waals surface area (Å²) >= 11 is 0. The number of hydrogen-bond donors (Lipinski definition) is 1. The highest BCUT2D eigenvalue weighted by atomic mass is 19.4. The molecule has 0 radical (unpaired) electrons. The average Bonchev–Trinajstić information content (AvgIpc) is 2.99. The lowest BCUT2D eigenvalue weighted by atomic mass is 9.30. The molecule has 254 valence electrons. The first-order chi connectivity index (χ1) is 21.3. The second kappa shape index (κ2) is 10.2. The Morgan fingerprint density at radius 1 is 0.891 bits per heavy atom. The first kappa shape index (κ1) is 32.9. The SMILES string of the molecule is C[C@H]1[C@@H]2[C@H]3CC[C@@H]4[C@@]5(C)CC[C@H](O)C(C)(C)[C@@H]5CC[C@@]4(C)[C@]3(C)CC[C@]23COC1(C)[C@@H](C(=O)/C=C\c1ccc(C(F)(F)F)cc1)C3. The van der Waals surface area contributed by atoms with Gasteiger partial charge in [-0.25, -0.2) is 0 Å². The number of halogens is 3. The summed E-state index contributed by atoms with van der Waals surface area (Å²) in [5, 5.41) is 11.0. The second-order valence-electron chi connectivity index (χ2n) is 18.3. The van der Waals surface area contributed by atoms with Gasteiger partial charge in [-0.05, 0) is 145 Å². The standard InChI is InChI=1S/C40H55F3O3/c1-24-33-27-13-15-31-35(4)18-17-32(45)34(2,3)30(35)16-19-37(31,6)36(27,5)20-21-39(33)22-28(38(24,7)46-23-39)29(44)14-10-25-8-11-26(12-9-25)40(41,42)43/h8-12,14,24,27-28,30-33,45H,13,15-23H2,1-7H3/b14-10-/t24-,27+,28+,30-,31+,32-,33+,35-,36+,37+,38?,39-/m0/s1. The zero-order valence-corrected chi connectivity index (χ0v) is 29.0. The molecule has 1 unspecified atom stereocenters. The van der Waals surface area contributed by atoms with E-state index in [4.69, 9.17) is 4.74 Å². The van der Waals surface area contributed by atoms with Crippen molar-refractivity contribution in [2.75, 3.05) is 6.61 Å². The molecule has 3 nitrogen and oxygen atoms in total. The summed E-state index contributed by atoms with van der Waals surface area (Å²) in [5.41, 5.74) is 0.0213. The number of allylic oxidation sites excluding steroid dienone is 1. The molecule has 1 aromatic rings. The van der Waals surface area contributed by atoms with Crippen LogP contribution in [0.15, 0.2) is 30.3 Å². The maximum absolute atomic E-state index is 13.9. The molecule has 6 heteroatoms. The molecule has 5 aliphatic carbocycles. The molecule has 7 fully saturated rings. The van der Waals surface area contributed by atoms with E-state index in [0.29, 0.717) is 29.2 Å². The molecule has 46 heavy (non-hydrogen) atoms. The van der Waals surface area contributed by atoms with Gasteiger partial charge in [0.05, 0.1) is 29.8 Å². The lowest BCUT2D eigenvalue weighted by Gasteiger charge is -2.76. The van der Waals surface area contributed by atoms with Crippen molar-refractivity contribution in [2.24, 2.45) is 62.6 Å². The number of ketones is 1. The number of aliphatic hydroxyl groups excluding tert-OH is 1. The number of rotatable bonds is 3. The minimum absolute atomic E-state index is 0.00881. The van der Waals surface area contributed by atoms with E-state index < -0.39 is 17.3 Å². The lowest BCUT2D eigenvalue weighted by Crippen LogP contribution is -2.73. The third-order valence-electron chi connectivity index (χ3n) is 16.6. The van der Waals surface area contributed by atoms with Gasteiger partial charge in [-0.2, -0.15) is 13.2 Å². The molecule has 1 spiro atoms. The number of alkyl halides is 3. The molecule has 0 aromatic heterocycles. The third-order valence-corrected chi connectivity index (χ3v) is 16.6. The highest BCUT2D eigenvalue weighted by molar-refractivity contribution is 5.96. The Labute approximate surface area is 274 Å². The molecule has 2 heterocycles.